The average Bonchev–Trinajstić information content (AvgIpc) is 4.06. The first-order valence-corrected chi connectivity index (χ1v) is 25.2. The van der Waals surface area contributed by atoms with Gasteiger partial charge in [0.2, 0.25) is 5.91 Å². The van der Waals surface area contributed by atoms with Crippen LogP contribution in [0.1, 0.15) is 108 Å². The summed E-state index contributed by atoms with van der Waals surface area (Å²) < 4.78 is 4.11. The Hall–Kier alpha value is -5.86. The van der Waals surface area contributed by atoms with Crippen molar-refractivity contribution >= 4 is 45.3 Å². The second kappa shape index (κ2) is 19.0. The van der Waals surface area contributed by atoms with Gasteiger partial charge in [0.1, 0.15) is 6.07 Å². The molecule has 348 valence electrons. The van der Waals surface area contributed by atoms with Gasteiger partial charge in [-0.2, -0.15) is 15.5 Å². The number of hydrogen-bond donors (Lipinski definition) is 0. The fraction of sp³-hybridized carbons (Fsp3) is 0.473. The van der Waals surface area contributed by atoms with E-state index in [1.165, 1.54) is 99.9 Å². The minimum absolute atomic E-state index is 0.128. The van der Waals surface area contributed by atoms with Gasteiger partial charge in [0, 0.05) is 129 Å². The summed E-state index contributed by atoms with van der Waals surface area (Å²) in [4.78, 5) is 26.6. The van der Waals surface area contributed by atoms with Crippen LogP contribution in [0.4, 0.5) is 17.1 Å². The third kappa shape index (κ3) is 9.26. The zero-order chi connectivity index (χ0) is 46.2. The van der Waals surface area contributed by atoms with E-state index in [0.717, 1.165) is 77.5 Å². The van der Waals surface area contributed by atoms with E-state index in [4.69, 9.17) is 21.7 Å². The van der Waals surface area contributed by atoms with E-state index in [1.807, 2.05) is 42.7 Å². The summed E-state index contributed by atoms with van der Waals surface area (Å²) in [7, 11) is 1.92. The van der Waals surface area contributed by atoms with Crippen molar-refractivity contribution in [3.05, 3.63) is 107 Å². The number of aromatic nitrogens is 5. The maximum Gasteiger partial charge on any atom is 0.219 e. The molecule has 1 spiro atoms. The molecule has 3 aromatic heterocycles. The van der Waals surface area contributed by atoms with E-state index < -0.39 is 0 Å². The van der Waals surface area contributed by atoms with E-state index in [0.29, 0.717) is 34.6 Å². The van der Waals surface area contributed by atoms with Gasteiger partial charge in [-0.15, -0.1) is 0 Å². The van der Waals surface area contributed by atoms with E-state index in [9.17, 15) is 10.1 Å². The van der Waals surface area contributed by atoms with Crippen LogP contribution in [0.15, 0.2) is 85.3 Å². The van der Waals surface area contributed by atoms with Crippen LogP contribution in [0.2, 0.25) is 5.02 Å². The molecule has 6 aromatic rings. The first-order chi connectivity index (χ1) is 32.5. The highest BCUT2D eigenvalue weighted by Crippen LogP contribution is 2.46. The van der Waals surface area contributed by atoms with Crippen molar-refractivity contribution in [1.82, 2.24) is 29.4 Å². The number of carbonyl (C=O) groups is 1. The first kappa shape index (κ1) is 44.9. The Balaban J connectivity index is 0.000000157. The molecule has 1 amide bonds. The third-order valence-electron chi connectivity index (χ3n) is 15.8. The highest BCUT2D eigenvalue weighted by Gasteiger charge is 2.44. The number of aryl methyl sites for hydroxylation is 1. The molecule has 3 aromatic carbocycles. The summed E-state index contributed by atoms with van der Waals surface area (Å²) >= 11 is 6.33. The van der Waals surface area contributed by atoms with Gasteiger partial charge in [-0.1, -0.05) is 56.0 Å². The molecule has 11 nitrogen and oxygen atoms in total. The topological polar surface area (TPSA) is 102 Å². The number of rotatable bonds is 6. The van der Waals surface area contributed by atoms with Crippen molar-refractivity contribution in [3.63, 3.8) is 0 Å². The van der Waals surface area contributed by atoms with Crippen LogP contribution in [0.5, 0.6) is 0 Å². The predicted octanol–water partition coefficient (Wildman–Crippen LogP) is 11.2. The molecule has 4 fully saturated rings. The van der Waals surface area contributed by atoms with Crippen molar-refractivity contribution in [3.8, 4) is 28.6 Å². The lowest BCUT2D eigenvalue weighted by Crippen LogP contribution is -2.41. The molecule has 1 aliphatic carbocycles. The molecule has 0 radical (unpaired) electrons. The van der Waals surface area contributed by atoms with Crippen LogP contribution in [-0.4, -0.2) is 80.7 Å². The maximum atomic E-state index is 12.2. The lowest BCUT2D eigenvalue weighted by molar-refractivity contribution is -0.129. The molecular weight excluding hydrogens is 852 g/mol. The van der Waals surface area contributed by atoms with Gasteiger partial charge in [0.15, 0.2) is 0 Å². The monoisotopic (exact) mass is 917 g/mol. The molecule has 11 rings (SSSR count). The van der Waals surface area contributed by atoms with Crippen molar-refractivity contribution in [2.24, 2.45) is 18.4 Å². The normalized spacial score (nSPS) is 19.9. The number of benzene rings is 3. The number of piperidine rings is 2. The second-order valence-electron chi connectivity index (χ2n) is 20.3. The van der Waals surface area contributed by atoms with Crippen LogP contribution in [0.25, 0.3) is 33.3 Å². The number of hydrogen-bond acceptors (Lipinski definition) is 8. The zero-order valence-electron chi connectivity index (χ0n) is 39.8. The highest BCUT2D eigenvalue weighted by atomic mass is 35.5. The molecule has 1 unspecified atom stereocenters. The summed E-state index contributed by atoms with van der Waals surface area (Å²) in [6.45, 7) is 13.5. The Kier molecular flexibility index (Phi) is 12.8. The third-order valence-corrected chi connectivity index (χ3v) is 16.1. The predicted molar refractivity (Wildman–Crippen MR) is 271 cm³/mol. The number of carbonyl (C=O) groups excluding carboxylic acids is 1. The van der Waals surface area contributed by atoms with Gasteiger partial charge in [0.05, 0.1) is 34.2 Å². The van der Waals surface area contributed by atoms with Crippen LogP contribution in [0, 0.1) is 22.7 Å². The number of nitriles is 1. The van der Waals surface area contributed by atoms with Gasteiger partial charge < -0.3 is 19.6 Å². The van der Waals surface area contributed by atoms with Crippen molar-refractivity contribution in [2.45, 2.75) is 110 Å². The molecule has 67 heavy (non-hydrogen) atoms. The molecule has 7 heterocycles. The van der Waals surface area contributed by atoms with E-state index >= 15 is 0 Å². The standard InChI is InChI=1S/C28H35ClN4.C27H30N6O/c1-21-9-13-31(14-10-21)24-5-7-25(8-6-24)32-15-11-28(12-16-32)18-22(2)33(20-28)26-4-3-23(19-30)27(29)17-26;1-18(34)32-12-11-26-24(17-32)27(30-33(26)21-8-4-3-5-9-21)22-10-6-7-19-13-25(28-15-23(19)22)20-14-29-31(2)16-20/h3-8,17,21-22H,9-16,18,20H2,1-2H3;6-7,10,13-16,21H,3-5,8-9,11-12,17H2,1-2H3. The van der Waals surface area contributed by atoms with Crippen molar-refractivity contribution < 1.29 is 4.79 Å². The van der Waals surface area contributed by atoms with Crippen LogP contribution in [0.3, 0.4) is 0 Å². The minimum atomic E-state index is 0.128. The smallest absolute Gasteiger partial charge is 0.219 e. The lowest BCUT2D eigenvalue weighted by atomic mass is 9.76. The number of pyridine rings is 1. The zero-order valence-corrected chi connectivity index (χ0v) is 40.6. The van der Waals surface area contributed by atoms with Crippen molar-refractivity contribution in [1.29, 1.82) is 5.26 Å². The highest BCUT2D eigenvalue weighted by molar-refractivity contribution is 6.32. The molecule has 1 saturated carbocycles. The molecule has 1 atom stereocenters. The molecular formula is C55H65ClN10O. The molecule has 0 N–H and O–H groups in total. The summed E-state index contributed by atoms with van der Waals surface area (Å²) in [5, 5.41) is 21.5. The van der Waals surface area contributed by atoms with Crippen LogP contribution in [-0.2, 0) is 24.8 Å². The Labute approximate surface area is 401 Å². The summed E-state index contributed by atoms with van der Waals surface area (Å²) in [5.74, 6) is 0.993. The fourth-order valence-corrected chi connectivity index (χ4v) is 12.0. The molecule has 4 aliphatic heterocycles. The Morgan fingerprint density at radius 1 is 0.851 bits per heavy atom. The minimum Gasteiger partial charge on any atom is -0.372 e. The molecule has 5 aliphatic rings. The largest absolute Gasteiger partial charge is 0.372 e. The van der Waals surface area contributed by atoms with Crippen LogP contribution < -0.4 is 14.7 Å². The van der Waals surface area contributed by atoms with E-state index in [2.05, 4.69) is 99.0 Å². The Morgan fingerprint density at radius 2 is 1.57 bits per heavy atom. The SMILES string of the molecule is CC(=O)N1CCc2c(c(-c3cccc4cc(-c5cnn(C)c5)ncc34)nn2C2CCCCC2)C1.CC1CCN(c2ccc(N3CCC4(CC3)CC(C)N(c3ccc(C#N)c(Cl)c3)C4)cc2)CC1. The van der Waals surface area contributed by atoms with Crippen molar-refractivity contribution in [2.75, 3.05) is 54.0 Å². The van der Waals surface area contributed by atoms with Gasteiger partial charge in [0.25, 0.3) is 0 Å². The Bertz CT molecular complexity index is 2770. The fourth-order valence-electron chi connectivity index (χ4n) is 11.8. The van der Waals surface area contributed by atoms with Gasteiger partial charge in [-0.25, -0.2) is 0 Å². The summed E-state index contributed by atoms with van der Waals surface area (Å²) in [6.07, 6.45) is 19.2. The quantitative estimate of drug-likeness (QED) is 0.163. The van der Waals surface area contributed by atoms with E-state index in [-0.39, 0.29) is 5.91 Å². The summed E-state index contributed by atoms with van der Waals surface area (Å²) in [6, 6.07) is 26.8. The summed E-state index contributed by atoms with van der Waals surface area (Å²) in [5.41, 5.74) is 11.4. The average molecular weight is 918 g/mol. The number of amides is 1. The lowest BCUT2D eigenvalue weighted by Gasteiger charge is -2.40. The van der Waals surface area contributed by atoms with Gasteiger partial charge >= 0.3 is 0 Å². The maximum absolute atomic E-state index is 12.2. The molecule has 0 bridgehead atoms. The number of nitrogens with zero attached hydrogens (tertiary/aromatic N) is 10. The number of fused-ring (bicyclic) bond motifs is 2. The molecule has 3 saturated heterocycles. The van der Waals surface area contributed by atoms with E-state index in [1.54, 1.807) is 11.6 Å². The number of anilines is 3. The second-order valence-corrected chi connectivity index (χ2v) is 20.7. The number of halogens is 1. The first-order valence-electron chi connectivity index (χ1n) is 24.8. The van der Waals surface area contributed by atoms with Gasteiger partial charge in [-0.05, 0) is 117 Å². The molecule has 12 heteroatoms. The van der Waals surface area contributed by atoms with Gasteiger partial charge in [-0.3, -0.25) is 19.1 Å². The Morgan fingerprint density at radius 3 is 2.24 bits per heavy atom. The van der Waals surface area contributed by atoms with Crippen LogP contribution >= 0.6 is 11.6 Å².